The van der Waals surface area contributed by atoms with Gasteiger partial charge in [0.15, 0.2) is 5.60 Å². The average Bonchev–Trinajstić information content (AvgIpc) is 2.98. The van der Waals surface area contributed by atoms with Crippen LogP contribution in [0.15, 0.2) is 72.8 Å². The predicted molar refractivity (Wildman–Crippen MR) is 119 cm³/mol. The lowest BCUT2D eigenvalue weighted by molar-refractivity contribution is -0.133. The van der Waals surface area contributed by atoms with Gasteiger partial charge in [0.05, 0.1) is 12.3 Å². The fourth-order valence-corrected chi connectivity index (χ4v) is 3.89. The summed E-state index contributed by atoms with van der Waals surface area (Å²) in [5.74, 6) is -0.186. The van der Waals surface area contributed by atoms with Crippen molar-refractivity contribution in [2.75, 3.05) is 23.4 Å². The minimum absolute atomic E-state index is 0.211. The third kappa shape index (κ3) is 3.78. The number of aliphatic hydroxyl groups is 1. The number of nitrogens with one attached hydrogen (secondary N) is 1. The van der Waals surface area contributed by atoms with E-state index in [4.69, 9.17) is 4.74 Å². The summed E-state index contributed by atoms with van der Waals surface area (Å²) in [7, 11) is 0. The van der Waals surface area contributed by atoms with Crippen molar-refractivity contribution in [1.29, 1.82) is 0 Å². The summed E-state index contributed by atoms with van der Waals surface area (Å²) < 4.78 is 5.41. The molecular weight excluding hydrogens is 392 g/mol. The van der Waals surface area contributed by atoms with Crippen molar-refractivity contribution in [3.05, 3.63) is 89.5 Å². The van der Waals surface area contributed by atoms with Gasteiger partial charge < -0.3 is 15.2 Å². The quantitative estimate of drug-likeness (QED) is 0.643. The Kier molecular flexibility index (Phi) is 5.48. The molecule has 0 aliphatic carbocycles. The largest absolute Gasteiger partial charge is 0.494 e. The summed E-state index contributed by atoms with van der Waals surface area (Å²) >= 11 is 0. The molecule has 2 N–H and O–H groups in total. The summed E-state index contributed by atoms with van der Waals surface area (Å²) in [6.07, 6.45) is 0. The molecule has 0 aromatic heterocycles. The minimum Gasteiger partial charge on any atom is -0.494 e. The Bertz CT molecular complexity index is 1130. The molecule has 1 aliphatic rings. The molecule has 3 aromatic rings. The van der Waals surface area contributed by atoms with E-state index in [1.165, 1.54) is 4.90 Å². The van der Waals surface area contributed by atoms with Gasteiger partial charge in [0, 0.05) is 11.3 Å². The normalized spacial score (nSPS) is 17.4. The van der Waals surface area contributed by atoms with Gasteiger partial charge in [-0.25, -0.2) is 0 Å². The Hall–Kier alpha value is -3.64. The molecule has 1 heterocycles. The van der Waals surface area contributed by atoms with Gasteiger partial charge in [0.25, 0.3) is 5.91 Å². The maximum absolute atomic E-state index is 13.4. The number of hydrogen-bond donors (Lipinski definition) is 2. The molecule has 2 amide bonds. The first kappa shape index (κ1) is 20.6. The summed E-state index contributed by atoms with van der Waals surface area (Å²) in [6, 6.07) is 21.3. The van der Waals surface area contributed by atoms with Crippen LogP contribution in [0.1, 0.15) is 23.6 Å². The third-order valence-corrected chi connectivity index (χ3v) is 5.33. The Labute approximate surface area is 181 Å². The highest BCUT2D eigenvalue weighted by atomic mass is 16.5. The molecule has 4 rings (SSSR count). The number of carbonyl (C=O) groups excluding carboxylic acids is 2. The van der Waals surface area contributed by atoms with Crippen LogP contribution in [0, 0.1) is 6.92 Å². The Balaban J connectivity index is 1.59. The zero-order valence-electron chi connectivity index (χ0n) is 17.5. The second-order valence-electron chi connectivity index (χ2n) is 7.49. The van der Waals surface area contributed by atoms with Gasteiger partial charge in [-0.1, -0.05) is 48.0 Å². The average molecular weight is 416 g/mol. The maximum atomic E-state index is 13.4. The van der Waals surface area contributed by atoms with Gasteiger partial charge in [-0.15, -0.1) is 0 Å². The number of para-hydroxylation sites is 1. The van der Waals surface area contributed by atoms with E-state index in [2.05, 4.69) is 5.32 Å². The number of benzene rings is 3. The van der Waals surface area contributed by atoms with E-state index in [0.717, 1.165) is 5.56 Å². The summed E-state index contributed by atoms with van der Waals surface area (Å²) in [4.78, 5) is 27.4. The van der Waals surface area contributed by atoms with Crippen LogP contribution in [0.4, 0.5) is 11.4 Å². The lowest BCUT2D eigenvalue weighted by atomic mass is 9.87. The molecule has 0 bridgehead atoms. The first-order valence-electron chi connectivity index (χ1n) is 10.2. The van der Waals surface area contributed by atoms with Gasteiger partial charge in [-0.3, -0.25) is 14.5 Å². The van der Waals surface area contributed by atoms with Crippen LogP contribution in [0.25, 0.3) is 0 Å². The molecule has 0 saturated heterocycles. The first-order valence-corrected chi connectivity index (χ1v) is 10.2. The van der Waals surface area contributed by atoms with Crippen molar-refractivity contribution in [2.24, 2.45) is 0 Å². The zero-order chi connectivity index (χ0) is 22.0. The van der Waals surface area contributed by atoms with Gasteiger partial charge in [-0.05, 0) is 49.7 Å². The summed E-state index contributed by atoms with van der Waals surface area (Å²) in [5.41, 5.74) is 1.18. The molecule has 0 spiro atoms. The van der Waals surface area contributed by atoms with E-state index in [1.54, 1.807) is 66.7 Å². The second kappa shape index (κ2) is 8.24. The molecule has 1 unspecified atom stereocenters. The number of hydrogen-bond acceptors (Lipinski definition) is 4. The number of fused-ring (bicyclic) bond motifs is 1. The zero-order valence-corrected chi connectivity index (χ0v) is 17.5. The molecule has 0 saturated carbocycles. The highest BCUT2D eigenvalue weighted by molar-refractivity contribution is 6.12. The number of carbonyl (C=O) groups is 2. The second-order valence-corrected chi connectivity index (χ2v) is 7.49. The Morgan fingerprint density at radius 1 is 1.06 bits per heavy atom. The number of rotatable bonds is 6. The first-order chi connectivity index (χ1) is 14.9. The van der Waals surface area contributed by atoms with Crippen molar-refractivity contribution in [1.82, 2.24) is 0 Å². The van der Waals surface area contributed by atoms with Crippen molar-refractivity contribution in [3.8, 4) is 5.75 Å². The molecule has 3 aromatic carbocycles. The van der Waals surface area contributed by atoms with Crippen molar-refractivity contribution >= 4 is 23.2 Å². The van der Waals surface area contributed by atoms with Gasteiger partial charge in [0.1, 0.15) is 12.3 Å². The Morgan fingerprint density at radius 3 is 2.52 bits per heavy atom. The fourth-order valence-electron chi connectivity index (χ4n) is 3.89. The van der Waals surface area contributed by atoms with Crippen LogP contribution < -0.4 is 15.0 Å². The minimum atomic E-state index is -1.83. The van der Waals surface area contributed by atoms with E-state index in [-0.39, 0.29) is 12.5 Å². The van der Waals surface area contributed by atoms with Crippen LogP contribution in [-0.4, -0.2) is 30.1 Å². The van der Waals surface area contributed by atoms with E-state index in [1.807, 2.05) is 19.9 Å². The highest BCUT2D eigenvalue weighted by Crippen LogP contribution is 2.44. The third-order valence-electron chi connectivity index (χ3n) is 5.33. The fraction of sp³-hybridized carbons (Fsp3) is 0.200. The van der Waals surface area contributed by atoms with E-state index < -0.39 is 11.5 Å². The highest BCUT2D eigenvalue weighted by Gasteiger charge is 2.51. The van der Waals surface area contributed by atoms with Gasteiger partial charge in [0.2, 0.25) is 5.91 Å². The lowest BCUT2D eigenvalue weighted by Gasteiger charge is -2.24. The molecule has 6 heteroatoms. The van der Waals surface area contributed by atoms with Crippen LogP contribution in [0.3, 0.4) is 0 Å². The van der Waals surface area contributed by atoms with Gasteiger partial charge in [-0.2, -0.15) is 0 Å². The number of nitrogens with zero attached hydrogens (tertiary/aromatic N) is 1. The molecule has 1 atom stereocenters. The Morgan fingerprint density at radius 2 is 1.81 bits per heavy atom. The maximum Gasteiger partial charge on any atom is 0.268 e. The molecule has 0 fully saturated rings. The van der Waals surface area contributed by atoms with Crippen LogP contribution in [-0.2, 0) is 15.2 Å². The molecule has 6 nitrogen and oxygen atoms in total. The number of aryl methyl sites for hydroxylation is 1. The summed E-state index contributed by atoms with van der Waals surface area (Å²) in [5, 5.41) is 14.3. The standard InChI is InChI=1S/C25H24N2O4/c1-3-31-20-13-11-19(12-14-20)26-23(28)16-27-22-10-5-4-9-21(22)25(30,24(27)29)18-8-6-7-17(2)15-18/h4-15,30H,3,16H2,1-2H3,(H,26,28). The SMILES string of the molecule is CCOc1ccc(NC(=O)CN2C(=O)C(O)(c3cccc(C)c3)c3ccccc32)cc1. The van der Waals surface area contributed by atoms with Crippen LogP contribution >= 0.6 is 0 Å². The van der Waals surface area contributed by atoms with E-state index >= 15 is 0 Å². The molecule has 0 radical (unpaired) electrons. The smallest absolute Gasteiger partial charge is 0.268 e. The predicted octanol–water partition coefficient (Wildman–Crippen LogP) is 3.61. The molecular formula is C25H24N2O4. The molecule has 158 valence electrons. The van der Waals surface area contributed by atoms with Crippen molar-refractivity contribution in [3.63, 3.8) is 0 Å². The van der Waals surface area contributed by atoms with E-state index in [9.17, 15) is 14.7 Å². The molecule has 1 aliphatic heterocycles. The number of amides is 2. The van der Waals surface area contributed by atoms with Crippen LogP contribution in [0.2, 0.25) is 0 Å². The van der Waals surface area contributed by atoms with Crippen molar-refractivity contribution < 1.29 is 19.4 Å². The summed E-state index contributed by atoms with van der Waals surface area (Å²) in [6.45, 7) is 4.15. The molecule has 31 heavy (non-hydrogen) atoms. The van der Waals surface area contributed by atoms with Gasteiger partial charge >= 0.3 is 0 Å². The van der Waals surface area contributed by atoms with E-state index in [0.29, 0.717) is 34.9 Å². The number of ether oxygens (including phenoxy) is 1. The van der Waals surface area contributed by atoms with Crippen LogP contribution in [0.5, 0.6) is 5.75 Å². The lowest BCUT2D eigenvalue weighted by Crippen LogP contribution is -2.44. The monoisotopic (exact) mass is 416 g/mol. The van der Waals surface area contributed by atoms with Crippen molar-refractivity contribution in [2.45, 2.75) is 19.4 Å². The number of anilines is 2. The topological polar surface area (TPSA) is 78.9 Å².